The monoisotopic (exact) mass is 557 g/mol. The molecule has 1 saturated carbocycles. The SMILES string of the molecule is CCOP(=O)(OCC)[C@@]12C[C@H]1/C=C\CCCCC[C@H](NC(=O)OC(C)(C)C)C(=O)N1C[C@H](O)C[C@H]1C(=O)N2. The van der Waals surface area contributed by atoms with Crippen LogP contribution in [0.5, 0.6) is 0 Å². The van der Waals surface area contributed by atoms with Crippen LogP contribution in [0.2, 0.25) is 0 Å². The van der Waals surface area contributed by atoms with Gasteiger partial charge in [-0.1, -0.05) is 25.0 Å². The van der Waals surface area contributed by atoms with Crippen molar-refractivity contribution in [2.24, 2.45) is 5.92 Å². The van der Waals surface area contributed by atoms with Gasteiger partial charge in [-0.05, 0) is 60.3 Å². The molecule has 1 saturated heterocycles. The number of aliphatic hydroxyl groups is 1. The maximum atomic E-state index is 13.9. The Morgan fingerprint density at radius 2 is 1.89 bits per heavy atom. The number of hydrogen-bond donors (Lipinski definition) is 3. The summed E-state index contributed by atoms with van der Waals surface area (Å²) in [5.41, 5.74) is -0.740. The number of allylic oxidation sites excluding steroid dienone is 1. The van der Waals surface area contributed by atoms with E-state index in [1.165, 1.54) is 4.90 Å². The fraction of sp³-hybridized carbons (Fsp3) is 0.808. The Labute approximate surface area is 225 Å². The minimum Gasteiger partial charge on any atom is -0.444 e. The van der Waals surface area contributed by atoms with Crippen molar-refractivity contribution in [1.29, 1.82) is 0 Å². The second-order valence-corrected chi connectivity index (χ2v) is 13.5. The lowest BCUT2D eigenvalue weighted by Crippen LogP contribution is -2.55. The van der Waals surface area contributed by atoms with E-state index in [0.29, 0.717) is 19.3 Å². The van der Waals surface area contributed by atoms with Crippen LogP contribution in [-0.4, -0.2) is 76.7 Å². The Kier molecular flexibility index (Phi) is 10.1. The number of alkyl carbamates (subject to hydrolysis) is 1. The Balaban J connectivity index is 1.91. The van der Waals surface area contributed by atoms with Crippen LogP contribution in [0, 0.1) is 5.92 Å². The Hall–Kier alpha value is -1.94. The van der Waals surface area contributed by atoms with Gasteiger partial charge in [0.1, 0.15) is 23.0 Å². The summed E-state index contributed by atoms with van der Waals surface area (Å²) in [6.07, 6.45) is 6.32. The summed E-state index contributed by atoms with van der Waals surface area (Å²) < 4.78 is 30.5. The molecule has 5 atom stereocenters. The van der Waals surface area contributed by atoms with Crippen molar-refractivity contribution in [2.45, 2.75) is 109 Å². The largest absolute Gasteiger partial charge is 0.444 e. The smallest absolute Gasteiger partial charge is 0.408 e. The number of nitrogens with zero attached hydrogens (tertiary/aromatic N) is 1. The summed E-state index contributed by atoms with van der Waals surface area (Å²) in [6.45, 7) is 8.89. The van der Waals surface area contributed by atoms with E-state index in [-0.39, 0.29) is 32.1 Å². The highest BCUT2D eigenvalue weighted by atomic mass is 31.2. The molecule has 2 aliphatic heterocycles. The average molecular weight is 558 g/mol. The first-order valence-electron chi connectivity index (χ1n) is 13.7. The summed E-state index contributed by atoms with van der Waals surface area (Å²) in [7, 11) is -3.74. The van der Waals surface area contributed by atoms with E-state index in [4.69, 9.17) is 13.8 Å². The van der Waals surface area contributed by atoms with Crippen molar-refractivity contribution in [3.8, 4) is 0 Å². The second kappa shape index (κ2) is 12.5. The maximum absolute atomic E-state index is 13.9. The quantitative estimate of drug-likeness (QED) is 0.333. The summed E-state index contributed by atoms with van der Waals surface area (Å²) in [6, 6.07) is -1.91. The summed E-state index contributed by atoms with van der Waals surface area (Å²) in [4.78, 5) is 41.2. The van der Waals surface area contributed by atoms with Crippen molar-refractivity contribution in [2.75, 3.05) is 19.8 Å². The van der Waals surface area contributed by atoms with Gasteiger partial charge >= 0.3 is 13.7 Å². The van der Waals surface area contributed by atoms with Crippen LogP contribution in [0.1, 0.15) is 79.6 Å². The molecule has 3 N–H and O–H groups in total. The number of hydrogen-bond acceptors (Lipinski definition) is 8. The van der Waals surface area contributed by atoms with Crippen LogP contribution in [-0.2, 0) is 27.9 Å². The van der Waals surface area contributed by atoms with Gasteiger partial charge in [0.2, 0.25) is 11.8 Å². The first kappa shape index (κ1) is 30.6. The first-order chi connectivity index (χ1) is 17.9. The fourth-order valence-corrected chi connectivity index (χ4v) is 7.57. The van der Waals surface area contributed by atoms with Crippen molar-refractivity contribution in [1.82, 2.24) is 15.5 Å². The van der Waals surface area contributed by atoms with E-state index >= 15 is 0 Å². The van der Waals surface area contributed by atoms with Crippen molar-refractivity contribution in [3.05, 3.63) is 12.2 Å². The zero-order valence-electron chi connectivity index (χ0n) is 23.2. The van der Waals surface area contributed by atoms with E-state index < -0.39 is 54.6 Å². The Morgan fingerprint density at radius 3 is 2.53 bits per heavy atom. The topological polar surface area (TPSA) is 144 Å². The van der Waals surface area contributed by atoms with Crippen LogP contribution in [0.25, 0.3) is 0 Å². The molecule has 3 amide bonds. The average Bonchev–Trinajstić information content (AvgIpc) is 3.37. The van der Waals surface area contributed by atoms with E-state index in [1.54, 1.807) is 34.6 Å². The Morgan fingerprint density at radius 1 is 1.21 bits per heavy atom. The lowest BCUT2D eigenvalue weighted by Gasteiger charge is -2.32. The molecule has 0 spiro atoms. The molecule has 0 aromatic carbocycles. The number of nitrogens with one attached hydrogen (secondary N) is 2. The zero-order valence-corrected chi connectivity index (χ0v) is 24.1. The predicted molar refractivity (Wildman–Crippen MR) is 141 cm³/mol. The first-order valence-corrected chi connectivity index (χ1v) is 15.3. The lowest BCUT2D eigenvalue weighted by atomic mass is 10.0. The number of rotatable bonds is 6. The third-order valence-corrected chi connectivity index (χ3v) is 9.80. The molecule has 0 unspecified atom stereocenters. The summed E-state index contributed by atoms with van der Waals surface area (Å²) in [5, 5.41) is 14.8. The summed E-state index contributed by atoms with van der Waals surface area (Å²) >= 11 is 0. The van der Waals surface area contributed by atoms with Gasteiger partial charge in [0.15, 0.2) is 0 Å². The van der Waals surface area contributed by atoms with E-state index in [9.17, 15) is 24.1 Å². The van der Waals surface area contributed by atoms with Crippen molar-refractivity contribution < 1.29 is 37.8 Å². The van der Waals surface area contributed by atoms with Gasteiger partial charge in [0.25, 0.3) is 0 Å². The van der Waals surface area contributed by atoms with Gasteiger partial charge in [0, 0.05) is 18.9 Å². The molecule has 1 aliphatic carbocycles. The second-order valence-electron chi connectivity index (χ2n) is 11.2. The number of ether oxygens (including phenoxy) is 1. The van der Waals surface area contributed by atoms with Gasteiger partial charge in [-0.3, -0.25) is 14.2 Å². The zero-order chi connectivity index (χ0) is 28.1. The van der Waals surface area contributed by atoms with Crippen LogP contribution >= 0.6 is 7.60 Å². The third-order valence-electron chi connectivity index (χ3n) is 7.00. The van der Waals surface area contributed by atoms with Crippen LogP contribution in [0.3, 0.4) is 0 Å². The van der Waals surface area contributed by atoms with E-state index in [1.807, 2.05) is 12.2 Å². The molecule has 3 rings (SSSR count). The van der Waals surface area contributed by atoms with Gasteiger partial charge in [0.05, 0.1) is 19.3 Å². The summed E-state index contributed by atoms with van der Waals surface area (Å²) in [5.74, 6) is -1.23. The van der Waals surface area contributed by atoms with Crippen LogP contribution in [0.4, 0.5) is 4.79 Å². The molecule has 2 fully saturated rings. The molecule has 11 nitrogen and oxygen atoms in total. The highest BCUT2D eigenvalue weighted by Gasteiger charge is 2.68. The number of carbonyl (C=O) groups is 3. The Bertz CT molecular complexity index is 941. The predicted octanol–water partition coefficient (Wildman–Crippen LogP) is 3.46. The molecule has 0 bridgehead atoms. The number of fused-ring (bicyclic) bond motifs is 2. The molecule has 38 heavy (non-hydrogen) atoms. The normalized spacial score (nSPS) is 31.8. The van der Waals surface area contributed by atoms with Gasteiger partial charge in [-0.2, -0.15) is 0 Å². The van der Waals surface area contributed by atoms with Crippen molar-refractivity contribution >= 4 is 25.5 Å². The van der Waals surface area contributed by atoms with E-state index in [2.05, 4.69) is 10.6 Å². The fourth-order valence-electron chi connectivity index (χ4n) is 5.20. The number of carbonyl (C=O) groups excluding carboxylic acids is 3. The molecule has 2 heterocycles. The van der Waals surface area contributed by atoms with Crippen molar-refractivity contribution in [3.63, 3.8) is 0 Å². The lowest BCUT2D eigenvalue weighted by molar-refractivity contribution is -0.140. The minimum atomic E-state index is -3.74. The molecular weight excluding hydrogens is 513 g/mol. The van der Waals surface area contributed by atoms with Gasteiger partial charge in [-0.25, -0.2) is 4.79 Å². The molecule has 12 heteroatoms. The molecule has 3 aliphatic rings. The van der Waals surface area contributed by atoms with Crippen LogP contribution < -0.4 is 10.6 Å². The molecule has 0 aromatic rings. The highest BCUT2D eigenvalue weighted by Crippen LogP contribution is 2.73. The minimum absolute atomic E-state index is 0.0287. The van der Waals surface area contributed by atoms with Gasteiger partial charge < -0.3 is 34.4 Å². The molecule has 0 aromatic heterocycles. The molecular formula is C26H44N3O8P. The molecule has 0 radical (unpaired) electrons. The number of aliphatic hydroxyl groups excluding tert-OH is 1. The maximum Gasteiger partial charge on any atom is 0.408 e. The van der Waals surface area contributed by atoms with E-state index in [0.717, 1.165) is 19.3 Å². The number of amides is 3. The highest BCUT2D eigenvalue weighted by molar-refractivity contribution is 7.56. The standard InChI is InChI=1S/C26H44N3O8P/c1-6-35-38(34,36-7-2)26-16-18(26)13-11-9-8-10-12-14-20(27-24(33)37-25(3,4)5)23(32)29-17-19(30)15-21(29)22(31)28-26/h11,13,18-21,30H,6-10,12,14-17H2,1-5H3,(H,27,33)(H,28,31)/b13-11-/t18-,19-,20+,21+,26+/m1/s1. The van der Waals surface area contributed by atoms with Crippen LogP contribution in [0.15, 0.2) is 12.2 Å². The third kappa shape index (κ3) is 7.17. The molecule has 216 valence electrons. The van der Waals surface area contributed by atoms with Gasteiger partial charge in [-0.15, -0.1) is 0 Å².